The van der Waals surface area contributed by atoms with E-state index in [9.17, 15) is 20.3 Å². The first-order valence-corrected chi connectivity index (χ1v) is 6.03. The molecule has 4 N–H and O–H groups in total. The highest BCUT2D eigenvalue weighted by Crippen LogP contribution is 2.40. The highest BCUT2D eigenvalue weighted by atomic mass is 79.9. The Bertz CT molecular complexity index is 476. The average Bonchev–Trinajstić information content (AvgIpc) is 2.31. The van der Waals surface area contributed by atoms with Gasteiger partial charge in [-0.2, -0.15) is 0 Å². The monoisotopic (exact) mass is 318 g/mol. The Kier molecular flexibility index (Phi) is 4.31. The Balaban J connectivity index is 3.35. The molecule has 1 atom stereocenters. The Morgan fingerprint density at radius 3 is 2.56 bits per heavy atom. The third kappa shape index (κ3) is 2.80. The van der Waals surface area contributed by atoms with Crippen molar-refractivity contribution < 1.29 is 15.1 Å². The van der Waals surface area contributed by atoms with E-state index in [0.717, 1.165) is 0 Å². The zero-order chi connectivity index (χ0) is 14.1. The number of halogens is 1. The SMILES string of the molecule is CC(C)(CO)[C@H](N)c1cc([N+](=O)[O-])cc(Br)c1O. The molecule has 0 aliphatic carbocycles. The van der Waals surface area contributed by atoms with Crippen molar-refractivity contribution in [3.63, 3.8) is 0 Å². The molecule has 6 nitrogen and oxygen atoms in total. The predicted octanol–water partition coefficient (Wildman–Crippen LogP) is 2.08. The van der Waals surface area contributed by atoms with Crippen LogP contribution in [0.15, 0.2) is 16.6 Å². The van der Waals surface area contributed by atoms with Gasteiger partial charge in [0.15, 0.2) is 0 Å². The highest BCUT2D eigenvalue weighted by molar-refractivity contribution is 9.10. The van der Waals surface area contributed by atoms with Crippen molar-refractivity contribution in [3.05, 3.63) is 32.3 Å². The lowest BCUT2D eigenvalue weighted by Gasteiger charge is -2.30. The average molecular weight is 319 g/mol. The number of phenols is 1. The van der Waals surface area contributed by atoms with E-state index in [1.54, 1.807) is 13.8 Å². The van der Waals surface area contributed by atoms with Gasteiger partial charge in [0.1, 0.15) is 5.75 Å². The molecule has 0 bridgehead atoms. The standard InChI is InChI=1S/C11H15BrN2O4/c1-11(2,5-15)10(13)7-3-6(14(17)18)4-8(12)9(7)16/h3-4,10,15-16H,5,13H2,1-2H3/t10-/m1/s1. The number of phenolic OH excluding ortho intramolecular Hbond substituents is 1. The molecule has 0 saturated carbocycles. The zero-order valence-electron chi connectivity index (χ0n) is 10.1. The second-order valence-electron chi connectivity index (χ2n) is 4.75. The van der Waals surface area contributed by atoms with Crippen LogP contribution < -0.4 is 5.73 Å². The molecule has 0 unspecified atom stereocenters. The second kappa shape index (κ2) is 5.21. The fraction of sp³-hybridized carbons (Fsp3) is 0.455. The zero-order valence-corrected chi connectivity index (χ0v) is 11.6. The first kappa shape index (κ1) is 14.9. The molecule has 0 aliphatic heterocycles. The van der Waals surface area contributed by atoms with Gasteiger partial charge >= 0.3 is 0 Å². The van der Waals surface area contributed by atoms with Gasteiger partial charge < -0.3 is 15.9 Å². The lowest BCUT2D eigenvalue weighted by molar-refractivity contribution is -0.385. The van der Waals surface area contributed by atoms with E-state index < -0.39 is 16.4 Å². The maximum atomic E-state index is 10.8. The topological polar surface area (TPSA) is 110 Å². The van der Waals surface area contributed by atoms with Crippen molar-refractivity contribution in [3.8, 4) is 5.75 Å². The minimum absolute atomic E-state index is 0.144. The summed E-state index contributed by atoms with van der Waals surface area (Å²) in [5.41, 5.74) is 5.32. The number of aliphatic hydroxyl groups excluding tert-OH is 1. The van der Waals surface area contributed by atoms with Crippen molar-refractivity contribution in [2.75, 3.05) is 6.61 Å². The lowest BCUT2D eigenvalue weighted by Crippen LogP contribution is -2.32. The molecule has 0 spiro atoms. The number of nitro benzene ring substituents is 1. The van der Waals surface area contributed by atoms with Gasteiger partial charge in [-0.25, -0.2) is 0 Å². The molecule has 0 amide bonds. The summed E-state index contributed by atoms with van der Waals surface area (Å²) in [5, 5.41) is 29.9. The maximum Gasteiger partial charge on any atom is 0.271 e. The van der Waals surface area contributed by atoms with Crippen LogP contribution in [-0.2, 0) is 0 Å². The van der Waals surface area contributed by atoms with Crippen LogP contribution in [0.4, 0.5) is 5.69 Å². The molecule has 7 heteroatoms. The number of benzene rings is 1. The summed E-state index contributed by atoms with van der Waals surface area (Å²) in [6.45, 7) is 3.22. The molecule has 0 radical (unpaired) electrons. The van der Waals surface area contributed by atoms with E-state index in [1.165, 1.54) is 12.1 Å². The van der Waals surface area contributed by atoms with Crippen LogP contribution in [0.25, 0.3) is 0 Å². The van der Waals surface area contributed by atoms with E-state index in [4.69, 9.17) is 5.73 Å². The van der Waals surface area contributed by atoms with Gasteiger partial charge in [-0.3, -0.25) is 10.1 Å². The minimum atomic E-state index is -0.723. The molecule has 0 aromatic heterocycles. The largest absolute Gasteiger partial charge is 0.506 e. The van der Waals surface area contributed by atoms with Crippen molar-refractivity contribution in [2.45, 2.75) is 19.9 Å². The molecular weight excluding hydrogens is 304 g/mol. The van der Waals surface area contributed by atoms with E-state index in [2.05, 4.69) is 15.9 Å². The second-order valence-corrected chi connectivity index (χ2v) is 5.60. The number of nitrogens with two attached hydrogens (primary N) is 1. The Labute approximate surface area is 113 Å². The Morgan fingerprint density at radius 2 is 2.11 bits per heavy atom. The van der Waals surface area contributed by atoms with Gasteiger partial charge in [0, 0.05) is 35.8 Å². The lowest BCUT2D eigenvalue weighted by atomic mass is 9.81. The number of nitro groups is 1. The summed E-state index contributed by atoms with van der Waals surface area (Å²) in [6.07, 6.45) is 0. The summed E-state index contributed by atoms with van der Waals surface area (Å²) in [5.74, 6) is -0.144. The molecular formula is C11H15BrN2O4. The van der Waals surface area contributed by atoms with Gasteiger partial charge in [-0.1, -0.05) is 13.8 Å². The molecule has 0 saturated heterocycles. The predicted molar refractivity (Wildman–Crippen MR) is 70.3 cm³/mol. The molecule has 0 heterocycles. The normalized spacial score (nSPS) is 13.4. The number of hydrogen-bond donors (Lipinski definition) is 3. The van der Waals surface area contributed by atoms with Crippen LogP contribution in [0, 0.1) is 15.5 Å². The Morgan fingerprint density at radius 1 is 1.56 bits per heavy atom. The molecule has 1 aromatic carbocycles. The summed E-state index contributed by atoms with van der Waals surface area (Å²) >= 11 is 3.05. The first-order valence-electron chi connectivity index (χ1n) is 5.24. The Hall–Kier alpha value is -1.18. The number of nitrogens with zero attached hydrogens (tertiary/aromatic N) is 1. The third-order valence-electron chi connectivity index (χ3n) is 2.87. The summed E-state index contributed by atoms with van der Waals surface area (Å²) in [4.78, 5) is 10.2. The van der Waals surface area contributed by atoms with Crippen LogP contribution in [0.5, 0.6) is 5.75 Å². The molecule has 100 valence electrons. The van der Waals surface area contributed by atoms with Crippen LogP contribution in [0.3, 0.4) is 0 Å². The van der Waals surface area contributed by atoms with Crippen molar-refractivity contribution >= 4 is 21.6 Å². The molecule has 0 fully saturated rings. The summed E-state index contributed by atoms with van der Waals surface area (Å²) < 4.78 is 0.205. The molecule has 1 rings (SSSR count). The number of aliphatic hydroxyl groups is 1. The van der Waals surface area contributed by atoms with Crippen LogP contribution in [0.1, 0.15) is 25.5 Å². The third-order valence-corrected chi connectivity index (χ3v) is 3.48. The molecule has 1 aromatic rings. The van der Waals surface area contributed by atoms with E-state index in [-0.39, 0.29) is 28.1 Å². The smallest absolute Gasteiger partial charge is 0.271 e. The fourth-order valence-electron chi connectivity index (χ4n) is 1.47. The van der Waals surface area contributed by atoms with Crippen LogP contribution >= 0.6 is 15.9 Å². The van der Waals surface area contributed by atoms with Gasteiger partial charge in [0.05, 0.1) is 9.40 Å². The van der Waals surface area contributed by atoms with Gasteiger partial charge in [0.2, 0.25) is 0 Å². The van der Waals surface area contributed by atoms with Crippen molar-refractivity contribution in [1.82, 2.24) is 0 Å². The van der Waals surface area contributed by atoms with Gasteiger partial charge in [-0.05, 0) is 15.9 Å². The number of rotatable bonds is 4. The molecule has 0 aliphatic rings. The summed E-state index contributed by atoms with van der Waals surface area (Å²) in [7, 11) is 0. The summed E-state index contributed by atoms with van der Waals surface area (Å²) in [6, 6.07) is 1.71. The fourth-order valence-corrected chi connectivity index (χ4v) is 1.93. The number of non-ortho nitro benzene ring substituents is 1. The molecule has 18 heavy (non-hydrogen) atoms. The highest BCUT2D eigenvalue weighted by Gasteiger charge is 2.31. The van der Waals surface area contributed by atoms with Crippen molar-refractivity contribution in [1.29, 1.82) is 0 Å². The maximum absolute atomic E-state index is 10.8. The van der Waals surface area contributed by atoms with E-state index in [0.29, 0.717) is 0 Å². The van der Waals surface area contributed by atoms with Crippen molar-refractivity contribution in [2.24, 2.45) is 11.1 Å². The minimum Gasteiger partial charge on any atom is -0.506 e. The number of aromatic hydroxyl groups is 1. The van der Waals surface area contributed by atoms with E-state index >= 15 is 0 Å². The van der Waals surface area contributed by atoms with Crippen LogP contribution in [0.2, 0.25) is 0 Å². The number of hydrogen-bond acceptors (Lipinski definition) is 5. The van der Waals surface area contributed by atoms with E-state index in [1.807, 2.05) is 0 Å². The van der Waals surface area contributed by atoms with Crippen LogP contribution in [-0.4, -0.2) is 21.7 Å². The first-order chi connectivity index (χ1) is 8.20. The van der Waals surface area contributed by atoms with Gasteiger partial charge in [0.25, 0.3) is 5.69 Å². The quantitative estimate of drug-likeness (QED) is 0.581. The van der Waals surface area contributed by atoms with Gasteiger partial charge in [-0.15, -0.1) is 0 Å².